The highest BCUT2D eigenvalue weighted by Crippen LogP contribution is 2.20. The Morgan fingerprint density at radius 1 is 0.939 bits per heavy atom. The Morgan fingerprint density at radius 2 is 1.73 bits per heavy atom. The molecule has 0 aliphatic heterocycles. The number of rotatable bonds is 9. The van der Waals surface area contributed by atoms with E-state index in [1.54, 1.807) is 0 Å². The van der Waals surface area contributed by atoms with Gasteiger partial charge < -0.3 is 10.6 Å². The number of para-hydroxylation sites is 1. The van der Waals surface area contributed by atoms with E-state index >= 15 is 0 Å². The van der Waals surface area contributed by atoms with Crippen LogP contribution in [0.25, 0.3) is 10.9 Å². The van der Waals surface area contributed by atoms with Crippen molar-refractivity contribution in [3.8, 4) is 0 Å². The maximum atomic E-state index is 12.3. The minimum Gasteiger partial charge on any atom is -0.369 e. The van der Waals surface area contributed by atoms with E-state index in [-0.39, 0.29) is 13.1 Å². The molecular formula is C24H24N6O3. The SMILES string of the molecule is O=C(Cn1[nH]c(=O)ccc1=O)NCc1nc(NCCCc2ccccc2)c2ccccc2n1. The van der Waals surface area contributed by atoms with Crippen molar-refractivity contribution < 1.29 is 4.79 Å². The smallest absolute Gasteiger partial charge is 0.265 e. The number of nitrogens with zero attached hydrogens (tertiary/aromatic N) is 3. The second-order valence-corrected chi connectivity index (χ2v) is 7.53. The fourth-order valence-electron chi connectivity index (χ4n) is 3.44. The maximum Gasteiger partial charge on any atom is 0.265 e. The first kappa shape index (κ1) is 21.9. The van der Waals surface area contributed by atoms with Crippen LogP contribution in [0.4, 0.5) is 5.82 Å². The molecule has 3 N–H and O–H groups in total. The lowest BCUT2D eigenvalue weighted by Gasteiger charge is -2.12. The van der Waals surface area contributed by atoms with Crippen LogP contribution in [0.3, 0.4) is 0 Å². The predicted molar refractivity (Wildman–Crippen MR) is 126 cm³/mol. The van der Waals surface area contributed by atoms with Crippen molar-refractivity contribution in [3.63, 3.8) is 0 Å². The third kappa shape index (κ3) is 5.91. The summed E-state index contributed by atoms with van der Waals surface area (Å²) < 4.78 is 0.957. The van der Waals surface area contributed by atoms with E-state index in [2.05, 4.69) is 37.8 Å². The zero-order valence-electron chi connectivity index (χ0n) is 18.0. The van der Waals surface area contributed by atoms with E-state index in [1.165, 1.54) is 5.56 Å². The fourth-order valence-corrected chi connectivity index (χ4v) is 3.44. The largest absolute Gasteiger partial charge is 0.369 e. The van der Waals surface area contributed by atoms with Crippen LogP contribution in [0, 0.1) is 0 Å². The lowest BCUT2D eigenvalue weighted by molar-refractivity contribution is -0.122. The van der Waals surface area contributed by atoms with E-state index in [4.69, 9.17) is 0 Å². The van der Waals surface area contributed by atoms with E-state index < -0.39 is 17.0 Å². The Balaban J connectivity index is 1.41. The number of amides is 1. The van der Waals surface area contributed by atoms with Crippen LogP contribution < -0.4 is 21.8 Å². The van der Waals surface area contributed by atoms with Gasteiger partial charge >= 0.3 is 0 Å². The number of anilines is 1. The first-order valence-corrected chi connectivity index (χ1v) is 10.7. The molecule has 0 aliphatic carbocycles. The highest BCUT2D eigenvalue weighted by atomic mass is 16.2. The minimum absolute atomic E-state index is 0.0914. The molecule has 0 aliphatic rings. The van der Waals surface area contributed by atoms with Crippen molar-refractivity contribution in [2.24, 2.45) is 0 Å². The van der Waals surface area contributed by atoms with Gasteiger partial charge in [-0.05, 0) is 30.5 Å². The van der Waals surface area contributed by atoms with Gasteiger partial charge in [-0.15, -0.1) is 0 Å². The molecule has 2 aromatic carbocycles. The maximum absolute atomic E-state index is 12.3. The quantitative estimate of drug-likeness (QED) is 0.339. The second kappa shape index (κ2) is 10.4. The molecule has 9 nitrogen and oxygen atoms in total. The number of aryl methyl sites for hydroxylation is 1. The molecule has 4 rings (SSSR count). The standard InChI is InChI=1S/C24H24N6O3/c31-21-12-13-23(33)30(29-21)16-22(32)26-15-20-27-19-11-5-4-10-18(19)24(28-20)25-14-6-9-17-7-2-1-3-8-17/h1-5,7-8,10-13H,6,9,14-16H2,(H,26,32)(H,29,31)(H,25,27,28). The number of aromatic nitrogens is 4. The first-order valence-electron chi connectivity index (χ1n) is 10.7. The number of nitrogens with one attached hydrogen (secondary N) is 3. The summed E-state index contributed by atoms with van der Waals surface area (Å²) in [5, 5.41) is 9.32. The van der Waals surface area contributed by atoms with Crippen molar-refractivity contribution in [3.05, 3.63) is 98.8 Å². The van der Waals surface area contributed by atoms with Crippen LogP contribution in [0.15, 0.2) is 76.3 Å². The van der Waals surface area contributed by atoms with E-state index in [0.717, 1.165) is 47.1 Å². The number of fused-ring (bicyclic) bond motifs is 1. The van der Waals surface area contributed by atoms with Crippen LogP contribution in [0.2, 0.25) is 0 Å². The number of H-pyrrole nitrogens is 1. The molecule has 168 valence electrons. The minimum atomic E-state index is -0.464. The van der Waals surface area contributed by atoms with Gasteiger partial charge in [-0.2, -0.15) is 0 Å². The van der Waals surface area contributed by atoms with Gasteiger partial charge in [0.25, 0.3) is 11.1 Å². The number of carbonyl (C=O) groups excluding carboxylic acids is 1. The van der Waals surface area contributed by atoms with E-state index in [0.29, 0.717) is 11.6 Å². The number of aromatic amines is 1. The molecule has 0 fully saturated rings. The summed E-state index contributed by atoms with van der Waals surface area (Å²) in [4.78, 5) is 44.6. The molecule has 2 heterocycles. The zero-order valence-corrected chi connectivity index (χ0v) is 18.0. The highest BCUT2D eigenvalue weighted by molar-refractivity contribution is 5.89. The Morgan fingerprint density at radius 3 is 2.58 bits per heavy atom. The lowest BCUT2D eigenvalue weighted by atomic mass is 10.1. The third-order valence-corrected chi connectivity index (χ3v) is 5.06. The summed E-state index contributed by atoms with van der Waals surface area (Å²) >= 11 is 0. The summed E-state index contributed by atoms with van der Waals surface area (Å²) in [6, 6.07) is 20.2. The third-order valence-electron chi connectivity index (χ3n) is 5.06. The Bertz CT molecular complexity index is 1360. The summed E-state index contributed by atoms with van der Waals surface area (Å²) in [6.45, 7) is 0.535. The Kier molecular flexibility index (Phi) is 6.89. The van der Waals surface area contributed by atoms with Gasteiger partial charge in [0.15, 0.2) is 5.82 Å². The van der Waals surface area contributed by atoms with Crippen LogP contribution in [0.5, 0.6) is 0 Å². The Labute approximate surface area is 189 Å². The van der Waals surface area contributed by atoms with Crippen LogP contribution >= 0.6 is 0 Å². The summed E-state index contributed by atoms with van der Waals surface area (Å²) in [6.07, 6.45) is 1.90. The van der Waals surface area contributed by atoms with E-state index in [9.17, 15) is 14.4 Å². The van der Waals surface area contributed by atoms with Gasteiger partial charge in [0, 0.05) is 24.1 Å². The van der Waals surface area contributed by atoms with Gasteiger partial charge in [0.2, 0.25) is 5.91 Å². The molecule has 0 atom stereocenters. The summed E-state index contributed by atoms with van der Waals surface area (Å²) in [7, 11) is 0. The second-order valence-electron chi connectivity index (χ2n) is 7.53. The monoisotopic (exact) mass is 444 g/mol. The van der Waals surface area contributed by atoms with Crippen LogP contribution in [-0.4, -0.2) is 32.2 Å². The summed E-state index contributed by atoms with van der Waals surface area (Å²) in [5.74, 6) is 0.719. The molecule has 33 heavy (non-hydrogen) atoms. The molecule has 9 heteroatoms. The average molecular weight is 444 g/mol. The van der Waals surface area contributed by atoms with E-state index in [1.807, 2.05) is 42.5 Å². The van der Waals surface area contributed by atoms with Gasteiger partial charge in [0.1, 0.15) is 12.4 Å². The number of benzene rings is 2. The molecular weight excluding hydrogens is 420 g/mol. The van der Waals surface area contributed by atoms with Crippen molar-refractivity contribution in [2.75, 3.05) is 11.9 Å². The normalized spacial score (nSPS) is 10.8. The van der Waals surface area contributed by atoms with Crippen molar-refractivity contribution in [1.82, 2.24) is 25.1 Å². The van der Waals surface area contributed by atoms with Crippen molar-refractivity contribution in [1.29, 1.82) is 0 Å². The topological polar surface area (TPSA) is 122 Å². The number of hydrogen-bond donors (Lipinski definition) is 3. The molecule has 0 spiro atoms. The van der Waals surface area contributed by atoms with Gasteiger partial charge in [0.05, 0.1) is 12.1 Å². The van der Waals surface area contributed by atoms with Crippen molar-refractivity contribution >= 4 is 22.6 Å². The zero-order chi connectivity index (χ0) is 23.0. The molecule has 0 unspecified atom stereocenters. The summed E-state index contributed by atoms with van der Waals surface area (Å²) in [5.41, 5.74) is 1.14. The average Bonchev–Trinajstić information content (AvgIpc) is 2.83. The Hall–Kier alpha value is -4.27. The van der Waals surface area contributed by atoms with Gasteiger partial charge in [-0.1, -0.05) is 42.5 Å². The lowest BCUT2D eigenvalue weighted by Crippen LogP contribution is -2.35. The fraction of sp³-hybridized carbons (Fsp3) is 0.208. The first-order chi connectivity index (χ1) is 16.1. The highest BCUT2D eigenvalue weighted by Gasteiger charge is 2.10. The molecule has 0 saturated carbocycles. The molecule has 0 saturated heterocycles. The van der Waals surface area contributed by atoms with Crippen LogP contribution in [0.1, 0.15) is 17.8 Å². The molecule has 1 amide bonds. The molecule has 0 bridgehead atoms. The molecule has 0 radical (unpaired) electrons. The number of carbonyl (C=O) groups is 1. The molecule has 4 aromatic rings. The molecule has 2 aromatic heterocycles. The van der Waals surface area contributed by atoms with Gasteiger partial charge in [-0.3, -0.25) is 19.5 Å². The van der Waals surface area contributed by atoms with Crippen LogP contribution in [-0.2, 0) is 24.3 Å². The van der Waals surface area contributed by atoms with Crippen molar-refractivity contribution in [2.45, 2.75) is 25.9 Å². The number of hydrogen-bond acceptors (Lipinski definition) is 6. The predicted octanol–water partition coefficient (Wildman–Crippen LogP) is 1.84. The van der Waals surface area contributed by atoms with Gasteiger partial charge in [-0.25, -0.2) is 14.6 Å².